The number of halogens is 1. The summed E-state index contributed by atoms with van der Waals surface area (Å²) < 4.78 is 13.4. The van der Waals surface area contributed by atoms with Crippen molar-refractivity contribution in [2.24, 2.45) is 0 Å². The van der Waals surface area contributed by atoms with E-state index in [0.717, 1.165) is 41.5 Å². The molecule has 5 nitrogen and oxygen atoms in total. The third kappa shape index (κ3) is 3.58. The number of carbonyl (C=O) groups excluding carboxylic acids is 2. The number of H-pyrrole nitrogens is 1. The van der Waals surface area contributed by atoms with Crippen LogP contribution in [0.1, 0.15) is 30.5 Å². The Balaban J connectivity index is 1.52. The number of rotatable bonds is 6. The van der Waals surface area contributed by atoms with Gasteiger partial charge in [-0.1, -0.05) is 0 Å². The fraction of sp³-hybridized carbons (Fsp3) is 0.444. The van der Waals surface area contributed by atoms with Gasteiger partial charge < -0.3 is 15.2 Å². The highest BCUT2D eigenvalue weighted by molar-refractivity contribution is 5.90. The minimum absolute atomic E-state index is 0.0870. The summed E-state index contributed by atoms with van der Waals surface area (Å²) in [5.74, 6) is -0.188. The second-order valence-electron chi connectivity index (χ2n) is 6.28. The first-order chi connectivity index (χ1) is 11.5. The number of amides is 2. The van der Waals surface area contributed by atoms with Gasteiger partial charge in [0.2, 0.25) is 11.8 Å². The predicted molar refractivity (Wildman–Crippen MR) is 90.1 cm³/mol. The quantitative estimate of drug-likeness (QED) is 0.798. The van der Waals surface area contributed by atoms with E-state index in [1.165, 1.54) is 12.1 Å². The Morgan fingerprint density at radius 2 is 2.25 bits per heavy atom. The van der Waals surface area contributed by atoms with Crippen molar-refractivity contribution in [3.8, 4) is 0 Å². The highest BCUT2D eigenvalue weighted by Gasteiger charge is 2.19. The maximum absolute atomic E-state index is 13.4. The Bertz CT molecular complexity index is 769. The van der Waals surface area contributed by atoms with Crippen molar-refractivity contribution in [2.75, 3.05) is 19.6 Å². The average molecular weight is 331 g/mol. The van der Waals surface area contributed by atoms with Crippen LogP contribution >= 0.6 is 0 Å². The van der Waals surface area contributed by atoms with E-state index >= 15 is 0 Å². The molecule has 1 saturated heterocycles. The molecule has 1 aromatic carbocycles. The van der Waals surface area contributed by atoms with Crippen LogP contribution in [0.3, 0.4) is 0 Å². The minimum atomic E-state index is -0.307. The van der Waals surface area contributed by atoms with E-state index in [-0.39, 0.29) is 24.1 Å². The second kappa shape index (κ2) is 7.03. The molecule has 24 heavy (non-hydrogen) atoms. The molecule has 0 saturated carbocycles. The van der Waals surface area contributed by atoms with Crippen molar-refractivity contribution in [3.63, 3.8) is 0 Å². The Morgan fingerprint density at radius 1 is 1.42 bits per heavy atom. The molecular formula is C18H22FN3O2. The normalized spacial score (nSPS) is 14.6. The van der Waals surface area contributed by atoms with Gasteiger partial charge in [0.1, 0.15) is 5.82 Å². The number of fused-ring (bicyclic) bond motifs is 1. The maximum Gasteiger partial charge on any atom is 0.224 e. The fourth-order valence-electron chi connectivity index (χ4n) is 3.24. The molecule has 128 valence electrons. The molecular weight excluding hydrogens is 309 g/mol. The number of likely N-dealkylation sites (tertiary alicyclic amines) is 1. The van der Waals surface area contributed by atoms with Crippen molar-refractivity contribution in [3.05, 3.63) is 35.3 Å². The van der Waals surface area contributed by atoms with E-state index in [4.69, 9.17) is 0 Å². The highest BCUT2D eigenvalue weighted by atomic mass is 19.1. The molecule has 2 amide bonds. The number of aryl methyl sites for hydroxylation is 1. The molecule has 6 heteroatoms. The lowest BCUT2D eigenvalue weighted by Gasteiger charge is -2.15. The maximum atomic E-state index is 13.4. The summed E-state index contributed by atoms with van der Waals surface area (Å²) >= 11 is 0. The van der Waals surface area contributed by atoms with Crippen molar-refractivity contribution in [1.29, 1.82) is 0 Å². The van der Waals surface area contributed by atoms with Gasteiger partial charge >= 0.3 is 0 Å². The van der Waals surface area contributed by atoms with Crippen LogP contribution in [0, 0.1) is 12.7 Å². The van der Waals surface area contributed by atoms with Crippen LogP contribution in [0.2, 0.25) is 0 Å². The van der Waals surface area contributed by atoms with Gasteiger partial charge in [-0.05, 0) is 43.5 Å². The molecule has 1 aromatic heterocycles. The smallest absolute Gasteiger partial charge is 0.224 e. The van der Waals surface area contributed by atoms with Crippen LogP contribution in [-0.2, 0) is 16.0 Å². The molecule has 2 aromatic rings. The molecule has 3 rings (SSSR count). The van der Waals surface area contributed by atoms with E-state index < -0.39 is 0 Å². The Kier molecular flexibility index (Phi) is 4.83. The molecule has 1 aliphatic heterocycles. The molecule has 1 fully saturated rings. The summed E-state index contributed by atoms with van der Waals surface area (Å²) in [6.07, 6.45) is 2.54. The topological polar surface area (TPSA) is 65.2 Å². The Hall–Kier alpha value is -2.37. The largest absolute Gasteiger partial charge is 0.358 e. The van der Waals surface area contributed by atoms with Crippen molar-refractivity contribution in [1.82, 2.24) is 15.2 Å². The van der Waals surface area contributed by atoms with Crippen LogP contribution in [0.15, 0.2) is 18.2 Å². The molecule has 0 atom stereocenters. The summed E-state index contributed by atoms with van der Waals surface area (Å²) in [5.41, 5.74) is 2.55. The molecule has 1 aliphatic rings. The molecule has 0 radical (unpaired) electrons. The molecule has 0 aliphatic carbocycles. The van der Waals surface area contributed by atoms with Crippen molar-refractivity contribution < 1.29 is 14.0 Å². The van der Waals surface area contributed by atoms with Crippen LogP contribution in [0.25, 0.3) is 10.9 Å². The first kappa shape index (κ1) is 16.5. The standard InChI is InChI=1S/C18H22FN3O2/c1-12-14(15-10-13(19)5-6-16(15)21-12)11-17(23)20-7-3-9-22-8-2-4-18(22)24/h5-6,10,21H,2-4,7-9,11H2,1H3,(H,20,23). The fourth-order valence-corrected chi connectivity index (χ4v) is 3.24. The number of nitrogens with zero attached hydrogens (tertiary/aromatic N) is 1. The molecule has 0 bridgehead atoms. The third-order valence-corrected chi connectivity index (χ3v) is 4.52. The van der Waals surface area contributed by atoms with Crippen molar-refractivity contribution >= 4 is 22.7 Å². The van der Waals surface area contributed by atoms with Crippen LogP contribution < -0.4 is 5.32 Å². The first-order valence-corrected chi connectivity index (χ1v) is 8.36. The second-order valence-corrected chi connectivity index (χ2v) is 6.28. The van der Waals surface area contributed by atoms with Gasteiger partial charge in [0.05, 0.1) is 6.42 Å². The summed E-state index contributed by atoms with van der Waals surface area (Å²) in [6, 6.07) is 4.55. The van der Waals surface area contributed by atoms with Crippen LogP contribution in [0.5, 0.6) is 0 Å². The third-order valence-electron chi connectivity index (χ3n) is 4.52. The zero-order valence-corrected chi connectivity index (χ0v) is 13.8. The van der Waals surface area contributed by atoms with E-state index in [1.54, 1.807) is 6.07 Å². The van der Waals surface area contributed by atoms with E-state index in [2.05, 4.69) is 10.3 Å². The van der Waals surface area contributed by atoms with Gasteiger partial charge in [-0.25, -0.2) is 4.39 Å². The molecule has 2 heterocycles. The summed E-state index contributed by atoms with van der Waals surface area (Å²) in [4.78, 5) is 28.7. The Labute approximate surface area is 140 Å². The van der Waals surface area contributed by atoms with E-state index in [0.29, 0.717) is 19.5 Å². The molecule has 2 N–H and O–H groups in total. The molecule has 0 spiro atoms. The number of nitrogens with one attached hydrogen (secondary N) is 2. The van der Waals surface area contributed by atoms with Crippen LogP contribution in [-0.4, -0.2) is 41.3 Å². The van der Waals surface area contributed by atoms with Gasteiger partial charge in [0, 0.05) is 42.7 Å². The number of aromatic amines is 1. The van der Waals surface area contributed by atoms with Gasteiger partial charge in [-0.15, -0.1) is 0 Å². The number of hydrogen-bond donors (Lipinski definition) is 2. The van der Waals surface area contributed by atoms with Gasteiger partial charge in [-0.3, -0.25) is 9.59 Å². The Morgan fingerprint density at radius 3 is 3.00 bits per heavy atom. The lowest BCUT2D eigenvalue weighted by Crippen LogP contribution is -2.31. The van der Waals surface area contributed by atoms with Gasteiger partial charge in [0.15, 0.2) is 0 Å². The van der Waals surface area contributed by atoms with Gasteiger partial charge in [-0.2, -0.15) is 0 Å². The number of hydrogen-bond acceptors (Lipinski definition) is 2. The van der Waals surface area contributed by atoms with E-state index in [1.807, 2.05) is 11.8 Å². The summed E-state index contributed by atoms with van der Waals surface area (Å²) in [7, 11) is 0. The average Bonchev–Trinajstić information content (AvgIpc) is 3.08. The van der Waals surface area contributed by atoms with Crippen molar-refractivity contribution in [2.45, 2.75) is 32.6 Å². The zero-order valence-electron chi connectivity index (χ0n) is 13.8. The number of benzene rings is 1. The summed E-state index contributed by atoms with van der Waals surface area (Å²) in [6.45, 7) is 3.95. The highest BCUT2D eigenvalue weighted by Crippen LogP contribution is 2.23. The van der Waals surface area contributed by atoms with Crippen LogP contribution in [0.4, 0.5) is 4.39 Å². The first-order valence-electron chi connectivity index (χ1n) is 8.36. The molecule has 0 unspecified atom stereocenters. The SMILES string of the molecule is Cc1[nH]c2ccc(F)cc2c1CC(=O)NCCCN1CCCC1=O. The lowest BCUT2D eigenvalue weighted by atomic mass is 10.1. The van der Waals surface area contributed by atoms with E-state index in [9.17, 15) is 14.0 Å². The number of carbonyl (C=O) groups is 2. The van der Waals surface area contributed by atoms with Gasteiger partial charge in [0.25, 0.3) is 0 Å². The zero-order chi connectivity index (χ0) is 17.1. The summed E-state index contributed by atoms with van der Waals surface area (Å²) in [5, 5.41) is 3.64. The number of aromatic nitrogens is 1. The lowest BCUT2D eigenvalue weighted by molar-refractivity contribution is -0.127. The minimum Gasteiger partial charge on any atom is -0.358 e. The monoisotopic (exact) mass is 331 g/mol. The predicted octanol–water partition coefficient (Wildman–Crippen LogP) is 2.29.